The highest BCUT2D eigenvalue weighted by Gasteiger charge is 2.41. The molecule has 1 aliphatic heterocycles. The summed E-state index contributed by atoms with van der Waals surface area (Å²) in [7, 11) is 3.13. The Balaban J connectivity index is 1.84. The van der Waals surface area contributed by atoms with Crippen LogP contribution in [0.3, 0.4) is 0 Å². The minimum absolute atomic E-state index is 0.197. The number of carbonyl (C=O) groups excluding carboxylic acids is 2. The van der Waals surface area contributed by atoms with Gasteiger partial charge in [-0.05, 0) is 67.4 Å². The highest BCUT2D eigenvalue weighted by Crippen LogP contribution is 2.37. The van der Waals surface area contributed by atoms with Crippen LogP contribution in [0, 0.1) is 13.8 Å². The van der Waals surface area contributed by atoms with Crippen molar-refractivity contribution in [1.82, 2.24) is 0 Å². The molecule has 0 aromatic heterocycles. The van der Waals surface area contributed by atoms with E-state index in [-0.39, 0.29) is 11.3 Å². The highest BCUT2D eigenvalue weighted by molar-refractivity contribution is 6.46. The molecule has 0 saturated heterocycles. The van der Waals surface area contributed by atoms with Gasteiger partial charge in [0.15, 0.2) is 0 Å². The Morgan fingerprint density at radius 3 is 2.16 bits per heavy atom. The predicted octanol–water partition coefficient (Wildman–Crippen LogP) is 4.72. The van der Waals surface area contributed by atoms with E-state index >= 15 is 0 Å². The van der Waals surface area contributed by atoms with E-state index in [0.29, 0.717) is 28.4 Å². The van der Waals surface area contributed by atoms with E-state index in [1.807, 2.05) is 38.1 Å². The van der Waals surface area contributed by atoms with Crippen molar-refractivity contribution in [2.24, 2.45) is 0 Å². The number of methoxy groups -OCH3 is 2. The Bertz CT molecular complexity index is 1230. The zero-order valence-corrected chi connectivity index (χ0v) is 18.4. The average Bonchev–Trinajstić information content (AvgIpc) is 3.05. The summed E-state index contributed by atoms with van der Waals surface area (Å²) in [5.41, 5.74) is 4.29. The van der Waals surface area contributed by atoms with Gasteiger partial charge in [0, 0.05) is 11.3 Å². The van der Waals surface area contributed by atoms with E-state index in [1.54, 1.807) is 49.6 Å². The Hall–Kier alpha value is -4.06. The quantitative estimate of drug-likeness (QED) is 0.576. The molecule has 0 spiro atoms. The fourth-order valence-electron chi connectivity index (χ4n) is 3.66. The van der Waals surface area contributed by atoms with E-state index in [0.717, 1.165) is 11.1 Å². The highest BCUT2D eigenvalue weighted by atomic mass is 16.5. The number of carbonyl (C=O) groups is 2. The minimum Gasteiger partial charge on any atom is -0.497 e. The fourth-order valence-corrected chi connectivity index (χ4v) is 3.66. The van der Waals surface area contributed by atoms with Crippen molar-refractivity contribution < 1.29 is 19.1 Å². The molecule has 162 valence electrons. The number of aryl methyl sites for hydroxylation is 2. The fraction of sp³-hybridized carbons (Fsp3) is 0.154. The van der Waals surface area contributed by atoms with Gasteiger partial charge in [-0.3, -0.25) is 9.59 Å². The number of hydrogen-bond acceptors (Lipinski definition) is 5. The van der Waals surface area contributed by atoms with Crippen molar-refractivity contribution in [1.29, 1.82) is 0 Å². The van der Waals surface area contributed by atoms with Crippen molar-refractivity contribution in [3.63, 3.8) is 0 Å². The summed E-state index contributed by atoms with van der Waals surface area (Å²) in [5.74, 6) is 0.383. The van der Waals surface area contributed by atoms with E-state index in [1.165, 1.54) is 12.0 Å². The molecule has 0 fully saturated rings. The van der Waals surface area contributed by atoms with Crippen LogP contribution in [0.4, 0.5) is 11.4 Å². The van der Waals surface area contributed by atoms with E-state index in [4.69, 9.17) is 9.47 Å². The lowest BCUT2D eigenvalue weighted by molar-refractivity contribution is -0.120. The molecule has 0 radical (unpaired) electrons. The summed E-state index contributed by atoms with van der Waals surface area (Å²) in [6, 6.07) is 19.9. The second kappa shape index (κ2) is 8.59. The van der Waals surface area contributed by atoms with Crippen LogP contribution in [0.5, 0.6) is 11.5 Å². The third-order valence-electron chi connectivity index (χ3n) is 5.57. The van der Waals surface area contributed by atoms with Crippen LogP contribution in [0.2, 0.25) is 0 Å². The van der Waals surface area contributed by atoms with Gasteiger partial charge in [-0.2, -0.15) is 0 Å². The van der Waals surface area contributed by atoms with Crippen molar-refractivity contribution in [2.45, 2.75) is 13.8 Å². The molecule has 0 saturated carbocycles. The molecule has 1 aliphatic rings. The van der Waals surface area contributed by atoms with Gasteiger partial charge >= 0.3 is 0 Å². The lowest BCUT2D eigenvalue weighted by Crippen LogP contribution is -2.32. The molecule has 6 heteroatoms. The lowest BCUT2D eigenvalue weighted by Gasteiger charge is -2.17. The molecule has 1 N–H and O–H groups in total. The van der Waals surface area contributed by atoms with Gasteiger partial charge in [-0.15, -0.1) is 0 Å². The Labute approximate surface area is 187 Å². The molecule has 3 aromatic rings. The second-order valence-electron chi connectivity index (χ2n) is 7.52. The van der Waals surface area contributed by atoms with E-state index in [2.05, 4.69) is 5.32 Å². The van der Waals surface area contributed by atoms with Gasteiger partial charge in [0.05, 0.1) is 25.5 Å². The van der Waals surface area contributed by atoms with Crippen LogP contribution in [0.15, 0.2) is 72.4 Å². The van der Waals surface area contributed by atoms with Crippen LogP contribution >= 0.6 is 0 Å². The van der Waals surface area contributed by atoms with Crippen molar-refractivity contribution in [3.8, 4) is 11.5 Å². The standard InChI is InChI=1S/C26H24N2O4/c1-16-9-12-19(15-17(16)2)28-25(29)23(21-7-5-6-8-22(21)32-4)24(26(28)30)27-18-10-13-20(31-3)14-11-18/h5-15,27H,1-4H3. The molecule has 2 amide bonds. The first-order valence-electron chi connectivity index (χ1n) is 10.2. The Morgan fingerprint density at radius 1 is 0.781 bits per heavy atom. The van der Waals surface area contributed by atoms with Gasteiger partial charge in [-0.1, -0.05) is 24.3 Å². The Morgan fingerprint density at radius 2 is 1.50 bits per heavy atom. The molecule has 3 aromatic carbocycles. The minimum atomic E-state index is -0.421. The third kappa shape index (κ3) is 3.71. The second-order valence-corrected chi connectivity index (χ2v) is 7.52. The number of nitrogens with zero attached hydrogens (tertiary/aromatic N) is 1. The van der Waals surface area contributed by atoms with Crippen LogP contribution in [-0.2, 0) is 9.59 Å². The SMILES string of the molecule is COc1ccc(NC2=C(c3ccccc3OC)C(=O)N(c3ccc(C)c(C)c3)C2=O)cc1. The van der Waals surface area contributed by atoms with E-state index in [9.17, 15) is 9.59 Å². The summed E-state index contributed by atoms with van der Waals surface area (Å²) >= 11 is 0. The van der Waals surface area contributed by atoms with Crippen molar-refractivity contribution >= 4 is 28.8 Å². The van der Waals surface area contributed by atoms with Gasteiger partial charge in [0.1, 0.15) is 17.2 Å². The lowest BCUT2D eigenvalue weighted by atomic mass is 10.0. The van der Waals surface area contributed by atoms with Crippen molar-refractivity contribution in [3.05, 3.63) is 89.1 Å². The Kier molecular flexibility index (Phi) is 5.69. The molecule has 1 heterocycles. The topological polar surface area (TPSA) is 67.9 Å². The van der Waals surface area contributed by atoms with Gasteiger partial charge in [0.2, 0.25) is 0 Å². The zero-order chi connectivity index (χ0) is 22.8. The predicted molar refractivity (Wildman–Crippen MR) is 125 cm³/mol. The van der Waals surface area contributed by atoms with Gasteiger partial charge < -0.3 is 14.8 Å². The van der Waals surface area contributed by atoms with Gasteiger partial charge in [0.25, 0.3) is 11.8 Å². The molecular weight excluding hydrogens is 404 g/mol. The molecule has 0 atom stereocenters. The zero-order valence-electron chi connectivity index (χ0n) is 18.4. The number of ether oxygens (including phenoxy) is 2. The molecule has 6 nitrogen and oxygen atoms in total. The first kappa shape index (κ1) is 21.2. The number of rotatable bonds is 6. The average molecular weight is 428 g/mol. The maximum Gasteiger partial charge on any atom is 0.282 e. The molecular formula is C26H24N2O4. The summed E-state index contributed by atoms with van der Waals surface area (Å²) in [6.07, 6.45) is 0. The maximum atomic E-state index is 13.6. The van der Waals surface area contributed by atoms with Crippen LogP contribution in [0.1, 0.15) is 16.7 Å². The molecule has 0 unspecified atom stereocenters. The monoisotopic (exact) mass is 428 g/mol. The third-order valence-corrected chi connectivity index (χ3v) is 5.57. The number of amides is 2. The first-order valence-corrected chi connectivity index (χ1v) is 10.2. The van der Waals surface area contributed by atoms with Crippen LogP contribution in [-0.4, -0.2) is 26.0 Å². The number of anilines is 2. The number of imide groups is 1. The van der Waals surface area contributed by atoms with Crippen LogP contribution in [0.25, 0.3) is 5.57 Å². The van der Waals surface area contributed by atoms with Gasteiger partial charge in [-0.25, -0.2) is 4.90 Å². The maximum absolute atomic E-state index is 13.6. The van der Waals surface area contributed by atoms with Crippen molar-refractivity contribution in [2.75, 3.05) is 24.4 Å². The smallest absolute Gasteiger partial charge is 0.282 e. The molecule has 0 aliphatic carbocycles. The summed E-state index contributed by atoms with van der Waals surface area (Å²) in [5, 5.41) is 3.15. The largest absolute Gasteiger partial charge is 0.497 e. The first-order chi connectivity index (χ1) is 15.4. The molecule has 0 bridgehead atoms. The van der Waals surface area contributed by atoms with Crippen LogP contribution < -0.4 is 19.7 Å². The summed E-state index contributed by atoms with van der Waals surface area (Å²) in [4.78, 5) is 28.4. The number of nitrogens with one attached hydrogen (secondary N) is 1. The summed E-state index contributed by atoms with van der Waals surface area (Å²) < 4.78 is 10.7. The number of benzene rings is 3. The number of hydrogen-bond donors (Lipinski definition) is 1. The molecule has 4 rings (SSSR count). The molecule has 32 heavy (non-hydrogen) atoms. The van der Waals surface area contributed by atoms with E-state index < -0.39 is 11.8 Å². The number of para-hydroxylation sites is 1. The normalized spacial score (nSPS) is 13.6. The summed E-state index contributed by atoms with van der Waals surface area (Å²) in [6.45, 7) is 3.94.